The van der Waals surface area contributed by atoms with Crippen molar-refractivity contribution in [3.63, 3.8) is 0 Å². The predicted molar refractivity (Wildman–Crippen MR) is 76.5 cm³/mol. The summed E-state index contributed by atoms with van der Waals surface area (Å²) in [7, 11) is 3.26. The average molecular weight is 329 g/mol. The van der Waals surface area contributed by atoms with Gasteiger partial charge in [0.15, 0.2) is 0 Å². The van der Waals surface area contributed by atoms with Gasteiger partial charge in [0, 0.05) is 19.3 Å². The van der Waals surface area contributed by atoms with Crippen molar-refractivity contribution in [2.24, 2.45) is 0 Å². The first kappa shape index (κ1) is 14.3. The molecule has 0 aromatic heterocycles. The van der Waals surface area contributed by atoms with E-state index in [1.54, 1.807) is 20.3 Å². The smallest absolute Gasteiger partial charge is 0.241 e. The number of amides is 1. The third kappa shape index (κ3) is 3.46. The van der Waals surface area contributed by atoms with Crippen LogP contribution in [0.1, 0.15) is 6.42 Å². The van der Waals surface area contributed by atoms with E-state index in [0.717, 1.165) is 15.9 Å². The predicted octanol–water partition coefficient (Wildman–Crippen LogP) is 1.77. The summed E-state index contributed by atoms with van der Waals surface area (Å²) in [4.78, 5) is 12.1. The minimum absolute atomic E-state index is 0.0448. The van der Waals surface area contributed by atoms with Crippen molar-refractivity contribution in [1.82, 2.24) is 5.32 Å². The van der Waals surface area contributed by atoms with Crippen LogP contribution in [0.3, 0.4) is 0 Å². The van der Waals surface area contributed by atoms with E-state index < -0.39 is 0 Å². The van der Waals surface area contributed by atoms with Crippen molar-refractivity contribution in [3.8, 4) is 5.75 Å². The Morgan fingerprint density at radius 2 is 2.26 bits per heavy atom. The molecule has 19 heavy (non-hydrogen) atoms. The second-order valence-corrected chi connectivity index (χ2v) is 5.25. The van der Waals surface area contributed by atoms with Crippen LogP contribution < -0.4 is 15.4 Å². The lowest BCUT2D eigenvalue weighted by Gasteiger charge is -2.12. The summed E-state index contributed by atoms with van der Waals surface area (Å²) in [5, 5.41) is 6.02. The van der Waals surface area contributed by atoms with Gasteiger partial charge in [0.05, 0.1) is 23.7 Å². The van der Waals surface area contributed by atoms with Gasteiger partial charge in [0.2, 0.25) is 5.91 Å². The Labute approximate surface area is 120 Å². The largest absolute Gasteiger partial charge is 0.496 e. The summed E-state index contributed by atoms with van der Waals surface area (Å²) in [6, 6.07) is 5.23. The first-order valence-electron chi connectivity index (χ1n) is 6.04. The monoisotopic (exact) mass is 328 g/mol. The fourth-order valence-corrected chi connectivity index (χ4v) is 2.60. The number of nitrogens with one attached hydrogen (secondary N) is 2. The first-order chi connectivity index (χ1) is 9.13. The van der Waals surface area contributed by atoms with Gasteiger partial charge in [-0.05, 0) is 40.5 Å². The summed E-state index contributed by atoms with van der Waals surface area (Å²) in [5.74, 6) is 0.688. The molecule has 0 aliphatic carbocycles. The number of benzene rings is 1. The van der Waals surface area contributed by atoms with Crippen molar-refractivity contribution in [2.45, 2.75) is 18.6 Å². The van der Waals surface area contributed by atoms with E-state index in [9.17, 15) is 4.79 Å². The molecule has 2 unspecified atom stereocenters. The van der Waals surface area contributed by atoms with E-state index in [4.69, 9.17) is 9.47 Å². The van der Waals surface area contributed by atoms with Crippen LogP contribution in [0, 0.1) is 0 Å². The number of anilines is 1. The molecule has 2 rings (SSSR count). The zero-order valence-electron chi connectivity index (χ0n) is 10.9. The average Bonchev–Trinajstić information content (AvgIpc) is 2.88. The summed E-state index contributed by atoms with van der Waals surface area (Å²) in [5.41, 5.74) is 0.736. The maximum atomic E-state index is 12.1. The Balaban J connectivity index is 1.97. The van der Waals surface area contributed by atoms with Crippen LogP contribution >= 0.6 is 15.9 Å². The zero-order chi connectivity index (χ0) is 13.8. The van der Waals surface area contributed by atoms with E-state index in [1.807, 2.05) is 12.1 Å². The molecule has 104 valence electrons. The van der Waals surface area contributed by atoms with Crippen LogP contribution in [-0.4, -0.2) is 38.8 Å². The van der Waals surface area contributed by atoms with Gasteiger partial charge in [-0.25, -0.2) is 0 Å². The van der Waals surface area contributed by atoms with Gasteiger partial charge >= 0.3 is 0 Å². The third-order valence-corrected chi connectivity index (χ3v) is 3.78. The quantitative estimate of drug-likeness (QED) is 0.884. The minimum Gasteiger partial charge on any atom is -0.496 e. The lowest BCUT2D eigenvalue weighted by atomic mass is 10.2. The van der Waals surface area contributed by atoms with Crippen molar-refractivity contribution in [3.05, 3.63) is 22.7 Å². The molecule has 1 aliphatic heterocycles. The van der Waals surface area contributed by atoms with Crippen LogP contribution in [0.15, 0.2) is 22.7 Å². The highest BCUT2D eigenvalue weighted by Crippen LogP contribution is 2.27. The van der Waals surface area contributed by atoms with Gasteiger partial charge in [-0.2, -0.15) is 0 Å². The summed E-state index contributed by atoms with van der Waals surface area (Å²) >= 11 is 3.39. The maximum absolute atomic E-state index is 12.1. The molecule has 1 amide bonds. The van der Waals surface area contributed by atoms with Crippen LogP contribution in [0.25, 0.3) is 0 Å². The van der Waals surface area contributed by atoms with Crippen LogP contribution in [0.4, 0.5) is 5.69 Å². The first-order valence-corrected chi connectivity index (χ1v) is 6.84. The molecule has 0 bridgehead atoms. The number of carbonyl (C=O) groups is 1. The van der Waals surface area contributed by atoms with Crippen molar-refractivity contribution in [2.75, 3.05) is 26.1 Å². The van der Waals surface area contributed by atoms with Gasteiger partial charge in [-0.15, -0.1) is 0 Å². The number of rotatable bonds is 4. The van der Waals surface area contributed by atoms with Gasteiger partial charge in [-0.1, -0.05) is 0 Å². The van der Waals surface area contributed by atoms with Gasteiger partial charge < -0.3 is 20.1 Å². The fourth-order valence-electron chi connectivity index (χ4n) is 2.06. The Hall–Kier alpha value is -1.11. The molecular formula is C13H17BrN2O3. The Kier molecular flexibility index (Phi) is 4.79. The second kappa shape index (κ2) is 6.36. The zero-order valence-corrected chi connectivity index (χ0v) is 12.5. The molecule has 1 aromatic carbocycles. The van der Waals surface area contributed by atoms with E-state index in [1.165, 1.54) is 0 Å². The Morgan fingerprint density at radius 1 is 1.47 bits per heavy atom. The summed E-state index contributed by atoms with van der Waals surface area (Å²) in [6.45, 7) is 0.709. The van der Waals surface area contributed by atoms with Crippen molar-refractivity contribution in [1.29, 1.82) is 0 Å². The van der Waals surface area contributed by atoms with E-state index >= 15 is 0 Å². The van der Waals surface area contributed by atoms with Gasteiger partial charge in [-0.3, -0.25) is 4.79 Å². The number of hydrogen-bond acceptors (Lipinski definition) is 4. The molecule has 6 heteroatoms. The highest BCUT2D eigenvalue weighted by Gasteiger charge is 2.29. The summed E-state index contributed by atoms with van der Waals surface area (Å²) < 4.78 is 11.2. The third-order valence-electron chi connectivity index (χ3n) is 3.16. The van der Waals surface area contributed by atoms with Crippen molar-refractivity contribution >= 4 is 27.5 Å². The minimum atomic E-state index is -0.203. The Bertz CT molecular complexity index is 467. The van der Waals surface area contributed by atoms with E-state index in [-0.39, 0.29) is 18.1 Å². The van der Waals surface area contributed by atoms with E-state index in [0.29, 0.717) is 13.0 Å². The number of carbonyl (C=O) groups excluding carboxylic acids is 1. The second-order valence-electron chi connectivity index (χ2n) is 4.39. The topological polar surface area (TPSA) is 59.6 Å². The number of ether oxygens (including phenoxy) is 2. The lowest BCUT2D eigenvalue weighted by Crippen LogP contribution is -2.35. The highest BCUT2D eigenvalue weighted by molar-refractivity contribution is 9.10. The Morgan fingerprint density at radius 3 is 2.84 bits per heavy atom. The molecule has 1 aromatic rings. The lowest BCUT2D eigenvalue weighted by molar-refractivity contribution is -0.118. The summed E-state index contributed by atoms with van der Waals surface area (Å²) in [6.07, 6.45) is 0.804. The molecule has 0 saturated carbocycles. The maximum Gasteiger partial charge on any atom is 0.241 e. The van der Waals surface area contributed by atoms with E-state index in [2.05, 4.69) is 26.6 Å². The molecule has 1 fully saturated rings. The number of halogens is 1. The SMILES string of the molecule is COc1ccc(NC(=O)C2CC(OC)CN2)cc1Br. The van der Waals surface area contributed by atoms with Gasteiger partial charge in [0.25, 0.3) is 0 Å². The molecule has 2 atom stereocenters. The standard InChI is InChI=1S/C13H17BrN2O3/c1-18-9-6-11(15-7-9)13(17)16-8-3-4-12(19-2)10(14)5-8/h3-5,9,11,15H,6-7H2,1-2H3,(H,16,17). The molecule has 1 saturated heterocycles. The fraction of sp³-hybridized carbons (Fsp3) is 0.462. The molecule has 1 aliphatic rings. The van der Waals surface area contributed by atoms with Crippen LogP contribution in [0.5, 0.6) is 5.75 Å². The number of methoxy groups -OCH3 is 2. The highest BCUT2D eigenvalue weighted by atomic mass is 79.9. The molecule has 0 radical (unpaired) electrons. The molecule has 5 nitrogen and oxygen atoms in total. The molecule has 1 heterocycles. The molecular weight excluding hydrogens is 312 g/mol. The van der Waals surface area contributed by atoms with Crippen molar-refractivity contribution < 1.29 is 14.3 Å². The number of hydrogen-bond donors (Lipinski definition) is 2. The van der Waals surface area contributed by atoms with Crippen LogP contribution in [-0.2, 0) is 9.53 Å². The molecule has 0 spiro atoms. The van der Waals surface area contributed by atoms with Gasteiger partial charge in [0.1, 0.15) is 5.75 Å². The molecule has 2 N–H and O–H groups in total. The van der Waals surface area contributed by atoms with Crippen LogP contribution in [0.2, 0.25) is 0 Å². The normalized spacial score (nSPS) is 22.3.